The van der Waals surface area contributed by atoms with E-state index < -0.39 is 0 Å². The molecular weight excluding hydrogens is 570 g/mol. The summed E-state index contributed by atoms with van der Waals surface area (Å²) >= 11 is 5.71. The summed E-state index contributed by atoms with van der Waals surface area (Å²) in [6, 6.07) is 48.7. The van der Waals surface area contributed by atoms with Crippen LogP contribution >= 0.6 is 27.3 Å². The molecule has 0 saturated carbocycles. The minimum atomic E-state index is 1.01. The van der Waals surface area contributed by atoms with Crippen LogP contribution in [-0.4, -0.2) is 0 Å². The first-order valence-electron chi connectivity index (χ1n) is 13.5. The highest BCUT2D eigenvalue weighted by atomic mass is 79.9. The van der Waals surface area contributed by atoms with Crippen LogP contribution in [0.5, 0.6) is 0 Å². The molecule has 190 valence electrons. The van der Waals surface area contributed by atoms with Crippen LogP contribution in [-0.2, 0) is 6.42 Å². The second-order valence-electron chi connectivity index (χ2n) is 10.4. The highest BCUT2D eigenvalue weighted by Gasteiger charge is 2.20. The van der Waals surface area contributed by atoms with Crippen LogP contribution in [0.25, 0.3) is 42.4 Å². The van der Waals surface area contributed by atoms with Crippen LogP contribution < -0.4 is 4.90 Å². The molecule has 0 N–H and O–H groups in total. The van der Waals surface area contributed by atoms with Crippen molar-refractivity contribution in [2.45, 2.75) is 6.42 Å². The van der Waals surface area contributed by atoms with Gasteiger partial charge in [0.25, 0.3) is 0 Å². The molecule has 40 heavy (non-hydrogen) atoms. The number of hydrogen-bond acceptors (Lipinski definition) is 2. The summed E-state index contributed by atoms with van der Waals surface area (Å²) in [6.45, 7) is 0. The smallest absolute Gasteiger partial charge is 0.0479 e. The fraction of sp³-hybridized carbons (Fsp3) is 0.0270. The Kier molecular flexibility index (Phi) is 5.61. The summed E-state index contributed by atoms with van der Waals surface area (Å²) in [5.41, 5.74) is 11.3. The number of para-hydroxylation sites is 1. The second-order valence-corrected chi connectivity index (χ2v) is 12.4. The summed E-state index contributed by atoms with van der Waals surface area (Å²) < 4.78 is 3.69. The fourth-order valence-corrected chi connectivity index (χ4v) is 7.62. The quantitative estimate of drug-likeness (QED) is 0.196. The number of rotatable bonds is 4. The molecule has 1 heterocycles. The highest BCUT2D eigenvalue weighted by molar-refractivity contribution is 9.10. The third-order valence-corrected chi connectivity index (χ3v) is 9.51. The first-order chi connectivity index (χ1) is 19.7. The Morgan fingerprint density at radius 1 is 0.500 bits per heavy atom. The van der Waals surface area contributed by atoms with Crippen molar-refractivity contribution >= 4 is 64.5 Å². The lowest BCUT2D eigenvalue weighted by Gasteiger charge is -2.26. The molecular formula is C37H24BrNS. The van der Waals surface area contributed by atoms with Crippen molar-refractivity contribution in [2.24, 2.45) is 0 Å². The molecule has 7 aromatic rings. The maximum atomic E-state index is 3.85. The predicted molar refractivity (Wildman–Crippen MR) is 175 cm³/mol. The molecule has 0 amide bonds. The van der Waals surface area contributed by atoms with Crippen molar-refractivity contribution in [1.82, 2.24) is 0 Å². The molecule has 6 aromatic carbocycles. The molecule has 0 fully saturated rings. The molecule has 0 radical (unpaired) electrons. The summed E-state index contributed by atoms with van der Waals surface area (Å²) in [4.78, 5) is 2.36. The van der Waals surface area contributed by atoms with Gasteiger partial charge >= 0.3 is 0 Å². The molecule has 0 aliphatic heterocycles. The van der Waals surface area contributed by atoms with Gasteiger partial charge in [0.05, 0.1) is 0 Å². The average molecular weight is 595 g/mol. The van der Waals surface area contributed by atoms with Gasteiger partial charge in [-0.1, -0.05) is 88.7 Å². The Morgan fingerprint density at radius 3 is 2.20 bits per heavy atom. The molecule has 1 aliphatic rings. The van der Waals surface area contributed by atoms with E-state index in [1.165, 1.54) is 53.6 Å². The van der Waals surface area contributed by atoms with Crippen LogP contribution in [0.4, 0.5) is 17.1 Å². The van der Waals surface area contributed by atoms with Gasteiger partial charge in [-0.05, 0) is 100 Å². The zero-order valence-electron chi connectivity index (χ0n) is 21.6. The lowest BCUT2D eigenvalue weighted by Crippen LogP contribution is -2.10. The third-order valence-electron chi connectivity index (χ3n) is 7.91. The molecule has 0 unspecified atom stereocenters. The molecule has 0 bridgehead atoms. The normalized spacial score (nSPS) is 12.0. The summed E-state index contributed by atoms with van der Waals surface area (Å²) in [6.07, 6.45) is 1.01. The average Bonchev–Trinajstić information content (AvgIpc) is 3.55. The van der Waals surface area contributed by atoms with Gasteiger partial charge in [0, 0.05) is 41.7 Å². The number of anilines is 3. The van der Waals surface area contributed by atoms with E-state index in [0.29, 0.717) is 0 Å². The van der Waals surface area contributed by atoms with E-state index in [9.17, 15) is 0 Å². The van der Waals surface area contributed by atoms with Gasteiger partial charge in [-0.2, -0.15) is 0 Å². The maximum absolute atomic E-state index is 3.85. The van der Waals surface area contributed by atoms with Gasteiger partial charge in [0.15, 0.2) is 0 Å². The second kappa shape index (κ2) is 9.48. The minimum Gasteiger partial charge on any atom is -0.310 e. The van der Waals surface area contributed by atoms with Crippen molar-refractivity contribution in [3.63, 3.8) is 0 Å². The Hall–Kier alpha value is -4.18. The molecule has 8 rings (SSSR count). The van der Waals surface area contributed by atoms with E-state index in [2.05, 4.69) is 154 Å². The first-order valence-corrected chi connectivity index (χ1v) is 15.1. The zero-order valence-corrected chi connectivity index (χ0v) is 24.0. The van der Waals surface area contributed by atoms with Gasteiger partial charge in [0.2, 0.25) is 0 Å². The highest BCUT2D eigenvalue weighted by Crippen LogP contribution is 2.43. The van der Waals surface area contributed by atoms with Gasteiger partial charge < -0.3 is 4.90 Å². The topological polar surface area (TPSA) is 3.24 Å². The monoisotopic (exact) mass is 593 g/mol. The zero-order chi connectivity index (χ0) is 26.6. The van der Waals surface area contributed by atoms with Crippen LogP contribution in [0.2, 0.25) is 0 Å². The Morgan fingerprint density at radius 2 is 1.27 bits per heavy atom. The Balaban J connectivity index is 1.29. The van der Waals surface area contributed by atoms with Crippen LogP contribution in [0.1, 0.15) is 11.1 Å². The van der Waals surface area contributed by atoms with Crippen LogP contribution in [0.15, 0.2) is 138 Å². The van der Waals surface area contributed by atoms with Gasteiger partial charge in [0.1, 0.15) is 0 Å². The van der Waals surface area contributed by atoms with Crippen molar-refractivity contribution in [3.8, 4) is 22.3 Å². The molecule has 1 aromatic heterocycles. The van der Waals surface area contributed by atoms with Crippen LogP contribution in [0, 0.1) is 0 Å². The number of nitrogens with zero attached hydrogens (tertiary/aromatic N) is 1. The molecule has 0 saturated heterocycles. The minimum absolute atomic E-state index is 1.01. The van der Waals surface area contributed by atoms with E-state index in [0.717, 1.165) is 28.0 Å². The summed E-state index contributed by atoms with van der Waals surface area (Å²) in [5, 5.41) is 2.61. The number of thiophene rings is 1. The van der Waals surface area contributed by atoms with Crippen molar-refractivity contribution in [1.29, 1.82) is 0 Å². The van der Waals surface area contributed by atoms with E-state index in [1.54, 1.807) is 0 Å². The van der Waals surface area contributed by atoms with Crippen molar-refractivity contribution in [2.75, 3.05) is 4.90 Å². The molecule has 0 spiro atoms. The number of hydrogen-bond donors (Lipinski definition) is 0. The van der Waals surface area contributed by atoms with Gasteiger partial charge in [-0.3, -0.25) is 0 Å². The molecule has 1 aliphatic carbocycles. The van der Waals surface area contributed by atoms with E-state index in [1.807, 2.05) is 11.3 Å². The van der Waals surface area contributed by atoms with E-state index in [4.69, 9.17) is 0 Å². The summed E-state index contributed by atoms with van der Waals surface area (Å²) in [7, 11) is 0. The predicted octanol–water partition coefficient (Wildman–Crippen LogP) is 11.5. The van der Waals surface area contributed by atoms with Crippen molar-refractivity contribution in [3.05, 3.63) is 149 Å². The van der Waals surface area contributed by atoms with E-state index in [-0.39, 0.29) is 0 Å². The van der Waals surface area contributed by atoms with Crippen molar-refractivity contribution < 1.29 is 0 Å². The third kappa shape index (κ3) is 3.97. The Labute approximate surface area is 246 Å². The number of fused-ring (bicyclic) bond motifs is 6. The molecule has 0 atom stereocenters. The van der Waals surface area contributed by atoms with E-state index >= 15 is 0 Å². The fourth-order valence-electron chi connectivity index (χ4n) is 6.05. The molecule has 3 heteroatoms. The number of halogens is 1. The summed E-state index contributed by atoms with van der Waals surface area (Å²) in [5.74, 6) is 0. The Bertz CT molecular complexity index is 2060. The lowest BCUT2D eigenvalue weighted by atomic mass is 9.98. The van der Waals surface area contributed by atoms with Gasteiger partial charge in [-0.15, -0.1) is 11.3 Å². The SMILES string of the molecule is Brc1cc(-c2ccc3c(c2)-c2ccccc2C3)cc(N(c2ccccc2)c2ccc3sc4ccccc4c3c2)c1. The van der Waals surface area contributed by atoms with Gasteiger partial charge in [-0.25, -0.2) is 0 Å². The van der Waals surface area contributed by atoms with Crippen LogP contribution in [0.3, 0.4) is 0 Å². The lowest BCUT2D eigenvalue weighted by molar-refractivity contribution is 1.26. The standard InChI is InChI=1S/C37H24BrNS/c38-28-19-27(24-14-15-26-18-25-8-4-5-11-32(25)34(26)21-24)20-31(22-28)39(29-9-2-1-3-10-29)30-16-17-37-35(23-30)33-12-6-7-13-36(33)40-37/h1-17,19-23H,18H2. The largest absolute Gasteiger partial charge is 0.310 e. The first kappa shape index (κ1) is 23.7. The maximum Gasteiger partial charge on any atom is 0.0479 e. The molecule has 1 nitrogen and oxygen atoms in total. The number of benzene rings is 6.